The minimum Gasteiger partial charge on any atom is -0.481 e. The summed E-state index contributed by atoms with van der Waals surface area (Å²) in [4.78, 5) is 28.3. The highest BCUT2D eigenvalue weighted by Gasteiger charge is 2.66. The second-order valence-electron chi connectivity index (χ2n) is 6.87. The first kappa shape index (κ1) is 17.1. The van der Waals surface area contributed by atoms with Crippen LogP contribution in [0.2, 0.25) is 0 Å². The Balaban J connectivity index is 1.89. The monoisotopic (exact) mass is 342 g/mol. The van der Waals surface area contributed by atoms with Crippen LogP contribution in [-0.2, 0) is 9.59 Å². The zero-order valence-corrected chi connectivity index (χ0v) is 13.9. The maximum atomic E-state index is 13.6. The van der Waals surface area contributed by atoms with Crippen molar-refractivity contribution < 1.29 is 19.1 Å². The predicted molar refractivity (Wildman–Crippen MR) is 89.0 cm³/mol. The van der Waals surface area contributed by atoms with Crippen LogP contribution in [0.25, 0.3) is 0 Å². The number of aromatic nitrogens is 1. The Bertz CT molecular complexity index is 807. The van der Waals surface area contributed by atoms with Crippen molar-refractivity contribution in [3.8, 4) is 0 Å². The number of nitrogens with one attached hydrogen (secondary N) is 1. The molecule has 1 aliphatic carbocycles. The van der Waals surface area contributed by atoms with Gasteiger partial charge in [0.15, 0.2) is 0 Å². The van der Waals surface area contributed by atoms with Crippen LogP contribution >= 0.6 is 0 Å². The van der Waals surface area contributed by atoms with Gasteiger partial charge in [-0.2, -0.15) is 0 Å². The molecule has 130 valence electrons. The molecule has 0 saturated heterocycles. The van der Waals surface area contributed by atoms with Gasteiger partial charge in [0.1, 0.15) is 5.82 Å². The molecule has 0 spiro atoms. The fourth-order valence-corrected chi connectivity index (χ4v) is 3.38. The number of aliphatic carboxylic acids is 1. The molecule has 0 radical (unpaired) electrons. The lowest BCUT2D eigenvalue weighted by atomic mass is 10.0. The smallest absolute Gasteiger partial charge is 0.307 e. The molecule has 3 rings (SSSR count). The number of halogens is 1. The highest BCUT2D eigenvalue weighted by molar-refractivity contribution is 5.92. The van der Waals surface area contributed by atoms with Gasteiger partial charge in [0, 0.05) is 6.20 Å². The summed E-state index contributed by atoms with van der Waals surface area (Å²) in [7, 11) is 0. The maximum Gasteiger partial charge on any atom is 0.307 e. The number of hydrogen-bond acceptors (Lipinski definition) is 3. The Morgan fingerprint density at radius 1 is 1.20 bits per heavy atom. The molecular formula is C19H19FN2O3. The van der Waals surface area contributed by atoms with Crippen LogP contribution in [0, 0.1) is 23.1 Å². The summed E-state index contributed by atoms with van der Waals surface area (Å²) < 4.78 is 13.6. The van der Waals surface area contributed by atoms with E-state index in [1.54, 1.807) is 50.4 Å². The summed E-state index contributed by atoms with van der Waals surface area (Å²) in [5, 5.41) is 12.1. The highest BCUT2D eigenvalue weighted by atomic mass is 19.1. The van der Waals surface area contributed by atoms with E-state index in [0.717, 1.165) is 0 Å². The summed E-state index contributed by atoms with van der Waals surface area (Å²) in [6.07, 6.45) is 1.59. The Kier molecular flexibility index (Phi) is 4.29. The first-order valence-corrected chi connectivity index (χ1v) is 8.02. The molecule has 2 N–H and O–H groups in total. The molecule has 5 nitrogen and oxygen atoms in total. The van der Waals surface area contributed by atoms with Gasteiger partial charge in [-0.25, -0.2) is 4.39 Å². The van der Waals surface area contributed by atoms with E-state index < -0.39 is 35.1 Å². The van der Waals surface area contributed by atoms with Crippen molar-refractivity contribution in [1.82, 2.24) is 10.3 Å². The summed E-state index contributed by atoms with van der Waals surface area (Å²) in [6, 6.07) is 10.6. The van der Waals surface area contributed by atoms with E-state index in [-0.39, 0.29) is 5.91 Å². The molecule has 1 aliphatic rings. The van der Waals surface area contributed by atoms with Gasteiger partial charge in [-0.05, 0) is 35.2 Å². The predicted octanol–water partition coefficient (Wildman–Crippen LogP) is 2.78. The van der Waals surface area contributed by atoms with Crippen LogP contribution in [0.4, 0.5) is 4.39 Å². The van der Waals surface area contributed by atoms with Gasteiger partial charge in [-0.15, -0.1) is 0 Å². The number of nitrogens with zero attached hydrogens (tertiary/aromatic N) is 1. The number of pyridine rings is 1. The summed E-state index contributed by atoms with van der Waals surface area (Å²) in [5.74, 6) is -3.10. The lowest BCUT2D eigenvalue weighted by Gasteiger charge is -2.19. The van der Waals surface area contributed by atoms with Crippen molar-refractivity contribution in [3.63, 3.8) is 0 Å². The largest absolute Gasteiger partial charge is 0.481 e. The van der Waals surface area contributed by atoms with Gasteiger partial charge in [0.05, 0.1) is 23.6 Å². The van der Waals surface area contributed by atoms with Crippen LogP contribution in [-0.4, -0.2) is 22.0 Å². The van der Waals surface area contributed by atoms with E-state index in [4.69, 9.17) is 0 Å². The molecule has 1 fully saturated rings. The van der Waals surface area contributed by atoms with Gasteiger partial charge in [0.25, 0.3) is 0 Å². The van der Waals surface area contributed by atoms with E-state index in [1.807, 2.05) is 0 Å². The molecule has 1 aromatic heterocycles. The number of benzene rings is 1. The minimum absolute atomic E-state index is 0.364. The third-order valence-electron chi connectivity index (χ3n) is 4.83. The number of carboxylic acids is 1. The number of carbonyl (C=O) groups excluding carboxylic acids is 1. The van der Waals surface area contributed by atoms with Crippen LogP contribution in [0.5, 0.6) is 0 Å². The van der Waals surface area contributed by atoms with Crippen LogP contribution in [0.15, 0.2) is 48.7 Å². The average Bonchev–Trinajstić information content (AvgIpc) is 3.16. The van der Waals surface area contributed by atoms with Gasteiger partial charge in [-0.3, -0.25) is 14.6 Å². The van der Waals surface area contributed by atoms with Crippen LogP contribution in [0.3, 0.4) is 0 Å². The van der Waals surface area contributed by atoms with Crippen molar-refractivity contribution in [2.24, 2.45) is 17.3 Å². The molecule has 0 bridgehead atoms. The highest BCUT2D eigenvalue weighted by Crippen LogP contribution is 2.58. The number of amides is 1. The van der Waals surface area contributed by atoms with Gasteiger partial charge >= 0.3 is 5.97 Å². The molecular weight excluding hydrogens is 323 g/mol. The molecule has 1 saturated carbocycles. The van der Waals surface area contributed by atoms with E-state index in [9.17, 15) is 19.1 Å². The molecule has 1 aromatic carbocycles. The second-order valence-corrected chi connectivity index (χ2v) is 6.87. The number of carbonyl (C=O) groups is 2. The van der Waals surface area contributed by atoms with Crippen molar-refractivity contribution in [3.05, 3.63) is 65.7 Å². The van der Waals surface area contributed by atoms with Crippen molar-refractivity contribution in [1.29, 1.82) is 0 Å². The average molecular weight is 342 g/mol. The molecule has 25 heavy (non-hydrogen) atoms. The Morgan fingerprint density at radius 3 is 2.52 bits per heavy atom. The quantitative estimate of drug-likeness (QED) is 0.876. The zero-order chi connectivity index (χ0) is 18.2. The summed E-state index contributed by atoms with van der Waals surface area (Å²) >= 11 is 0. The van der Waals surface area contributed by atoms with Crippen LogP contribution in [0.1, 0.15) is 31.1 Å². The summed E-state index contributed by atoms with van der Waals surface area (Å²) in [5.41, 5.74) is 0.510. The molecule has 1 unspecified atom stereocenters. The third-order valence-corrected chi connectivity index (χ3v) is 4.83. The molecule has 1 amide bonds. The first-order chi connectivity index (χ1) is 11.8. The maximum absolute atomic E-state index is 13.6. The number of carboxylic acid groups (broad SMARTS) is 1. The Morgan fingerprint density at radius 2 is 1.96 bits per heavy atom. The van der Waals surface area contributed by atoms with E-state index in [1.165, 1.54) is 12.1 Å². The Labute approximate surface area is 144 Å². The van der Waals surface area contributed by atoms with Crippen molar-refractivity contribution >= 4 is 11.9 Å². The van der Waals surface area contributed by atoms with E-state index >= 15 is 0 Å². The molecule has 1 heterocycles. The standard InChI is InChI=1S/C19H19FN2O3/c1-19(2)14(15(19)18(24)25)17(23)22-16(13-8-3-4-9-21-13)11-6-5-7-12(20)10-11/h3-10,14-16H,1-2H3,(H,22,23)(H,24,25)/t14-,15+,16?/m1/s1. The fourth-order valence-electron chi connectivity index (χ4n) is 3.38. The van der Waals surface area contributed by atoms with Crippen LogP contribution < -0.4 is 5.32 Å². The Hall–Kier alpha value is -2.76. The lowest BCUT2D eigenvalue weighted by Crippen LogP contribution is -2.32. The number of hydrogen-bond donors (Lipinski definition) is 2. The van der Waals surface area contributed by atoms with E-state index in [0.29, 0.717) is 11.3 Å². The lowest BCUT2D eigenvalue weighted by molar-refractivity contribution is -0.140. The molecule has 0 aliphatic heterocycles. The van der Waals surface area contributed by atoms with Crippen molar-refractivity contribution in [2.75, 3.05) is 0 Å². The summed E-state index contributed by atoms with van der Waals surface area (Å²) in [6.45, 7) is 3.52. The fraction of sp³-hybridized carbons (Fsp3) is 0.316. The third kappa shape index (κ3) is 3.24. The number of rotatable bonds is 5. The molecule has 3 atom stereocenters. The second kappa shape index (κ2) is 6.27. The van der Waals surface area contributed by atoms with Gasteiger partial charge in [0.2, 0.25) is 5.91 Å². The van der Waals surface area contributed by atoms with Gasteiger partial charge in [-0.1, -0.05) is 32.0 Å². The zero-order valence-electron chi connectivity index (χ0n) is 13.9. The van der Waals surface area contributed by atoms with Crippen molar-refractivity contribution in [2.45, 2.75) is 19.9 Å². The topological polar surface area (TPSA) is 79.3 Å². The minimum atomic E-state index is -0.981. The molecule has 6 heteroatoms. The SMILES string of the molecule is CC1(C)[C@H](C(=O)O)[C@@H]1C(=O)NC(c1cccc(F)c1)c1ccccn1. The van der Waals surface area contributed by atoms with E-state index in [2.05, 4.69) is 10.3 Å². The van der Waals surface area contributed by atoms with Gasteiger partial charge < -0.3 is 10.4 Å². The molecule has 2 aromatic rings. The normalized spacial score (nSPS) is 22.0. The first-order valence-electron chi connectivity index (χ1n) is 8.02.